The van der Waals surface area contributed by atoms with Crippen molar-refractivity contribution in [3.63, 3.8) is 0 Å². The van der Waals surface area contributed by atoms with Crippen LogP contribution in [0.15, 0.2) is 52.2 Å². The number of hydrogen-bond donors (Lipinski definition) is 1. The minimum atomic E-state index is -5.05. The van der Waals surface area contributed by atoms with Crippen LogP contribution >= 0.6 is 11.3 Å². The van der Waals surface area contributed by atoms with Crippen molar-refractivity contribution in [2.24, 2.45) is 0 Å². The number of amides is 1. The predicted octanol–water partition coefficient (Wildman–Crippen LogP) is 6.74. The molecule has 3 rings (SSSR count). The number of nitrogens with zero attached hydrogens (tertiary/aromatic N) is 2. The Labute approximate surface area is 213 Å². The van der Waals surface area contributed by atoms with Crippen molar-refractivity contribution in [3.8, 4) is 0 Å². The lowest BCUT2D eigenvalue weighted by molar-refractivity contribution is -0.137. The van der Waals surface area contributed by atoms with E-state index in [1.165, 1.54) is 38.6 Å². The van der Waals surface area contributed by atoms with Crippen LogP contribution in [0.4, 0.5) is 38.3 Å². The van der Waals surface area contributed by atoms with E-state index in [1.54, 1.807) is 0 Å². The van der Waals surface area contributed by atoms with Gasteiger partial charge in [0.05, 0.1) is 22.0 Å². The first-order valence-electron chi connectivity index (χ1n) is 10.6. The van der Waals surface area contributed by atoms with Gasteiger partial charge in [0.15, 0.2) is 5.82 Å². The maximum Gasteiger partial charge on any atom is 0.430 e. The van der Waals surface area contributed by atoms with Gasteiger partial charge in [0.1, 0.15) is 17.2 Å². The summed E-state index contributed by atoms with van der Waals surface area (Å²) in [4.78, 5) is 15.7. The number of benzene rings is 2. The molecule has 0 fully saturated rings. The van der Waals surface area contributed by atoms with Crippen molar-refractivity contribution in [1.82, 2.24) is 4.98 Å². The minimum absolute atomic E-state index is 0.183. The smallest absolute Gasteiger partial charge is 0.430 e. The van der Waals surface area contributed by atoms with Crippen LogP contribution in [0.25, 0.3) is 0 Å². The molecule has 0 spiro atoms. The summed E-state index contributed by atoms with van der Waals surface area (Å²) < 4.78 is 102. The highest BCUT2D eigenvalue weighted by Crippen LogP contribution is 2.39. The van der Waals surface area contributed by atoms with Gasteiger partial charge in [0.25, 0.3) is 10.0 Å². The molecule has 0 bridgehead atoms. The second kappa shape index (κ2) is 10.2. The largest absolute Gasteiger partial charge is 0.443 e. The number of rotatable bonds is 6. The Balaban J connectivity index is 2.07. The van der Waals surface area contributed by atoms with Crippen LogP contribution < -0.4 is 9.62 Å². The molecular weight excluding hydrogens is 541 g/mol. The van der Waals surface area contributed by atoms with E-state index < -0.39 is 61.7 Å². The molecule has 7 nitrogen and oxygen atoms in total. The number of carbonyl (C=O) groups is 1. The normalized spacial score (nSPS) is 13.2. The number of alkyl halides is 3. The molecule has 0 saturated heterocycles. The topological polar surface area (TPSA) is 88.6 Å². The van der Waals surface area contributed by atoms with Crippen molar-refractivity contribution in [3.05, 3.63) is 70.1 Å². The summed E-state index contributed by atoms with van der Waals surface area (Å²) >= 11 is 0.959. The van der Waals surface area contributed by atoms with Gasteiger partial charge in [-0.2, -0.15) is 13.2 Å². The maximum absolute atomic E-state index is 14.1. The third kappa shape index (κ3) is 6.55. The minimum Gasteiger partial charge on any atom is -0.443 e. The SMILES string of the molecule is C[C@H](Nc1ccc(S(=O)(=O)N(C(=O)OC(C)(C)C)c2cscn2)cc1C(F)(F)F)c1cc(F)ccc1F. The van der Waals surface area contributed by atoms with Gasteiger partial charge < -0.3 is 10.1 Å². The van der Waals surface area contributed by atoms with E-state index in [-0.39, 0.29) is 15.7 Å². The Morgan fingerprint density at radius 2 is 1.78 bits per heavy atom. The Kier molecular flexibility index (Phi) is 7.84. The summed E-state index contributed by atoms with van der Waals surface area (Å²) in [5, 5.41) is 3.67. The summed E-state index contributed by atoms with van der Waals surface area (Å²) in [5.41, 5.74) is -2.10. The van der Waals surface area contributed by atoms with Gasteiger partial charge in [-0.15, -0.1) is 15.6 Å². The zero-order chi connectivity index (χ0) is 27.8. The molecule has 1 aromatic heterocycles. The molecule has 0 saturated carbocycles. The van der Waals surface area contributed by atoms with Gasteiger partial charge in [-0.25, -0.2) is 27.0 Å². The molecule has 2 aromatic carbocycles. The average molecular weight is 564 g/mol. The highest BCUT2D eigenvalue weighted by Gasteiger charge is 2.39. The number of anilines is 2. The number of carbonyl (C=O) groups excluding carboxylic acids is 1. The van der Waals surface area contributed by atoms with Gasteiger partial charge in [-0.05, 0) is 64.1 Å². The highest BCUT2D eigenvalue weighted by molar-refractivity contribution is 7.93. The van der Waals surface area contributed by atoms with E-state index in [2.05, 4.69) is 10.3 Å². The number of nitrogens with one attached hydrogen (secondary N) is 1. The van der Waals surface area contributed by atoms with E-state index >= 15 is 0 Å². The van der Waals surface area contributed by atoms with Crippen molar-refractivity contribution >= 4 is 39.0 Å². The lowest BCUT2D eigenvalue weighted by Gasteiger charge is -2.26. The summed E-state index contributed by atoms with van der Waals surface area (Å²) in [7, 11) is -4.92. The first kappa shape index (κ1) is 28.3. The molecular formula is C23H22F5N3O4S2. The van der Waals surface area contributed by atoms with Gasteiger partial charge in [-0.3, -0.25) is 0 Å². The summed E-state index contributed by atoms with van der Waals surface area (Å²) in [6.45, 7) is 5.78. The number of hydrogen-bond acceptors (Lipinski definition) is 7. The Hall–Kier alpha value is -3.26. The molecule has 0 aliphatic carbocycles. The first-order chi connectivity index (χ1) is 17.0. The molecule has 1 N–H and O–H groups in total. The summed E-state index contributed by atoms with van der Waals surface area (Å²) in [6, 6.07) is 3.45. The predicted molar refractivity (Wildman–Crippen MR) is 128 cm³/mol. The second-order valence-electron chi connectivity index (χ2n) is 8.83. The van der Waals surface area contributed by atoms with Crippen molar-refractivity contribution in [2.75, 3.05) is 9.62 Å². The van der Waals surface area contributed by atoms with Crippen LogP contribution in [0.5, 0.6) is 0 Å². The molecule has 3 aromatic rings. The number of halogens is 5. The van der Waals surface area contributed by atoms with Gasteiger partial charge in [0.2, 0.25) is 0 Å². The molecule has 1 amide bonds. The third-order valence-electron chi connectivity index (χ3n) is 4.82. The van der Waals surface area contributed by atoms with Crippen LogP contribution in [-0.4, -0.2) is 25.1 Å². The molecule has 37 heavy (non-hydrogen) atoms. The van der Waals surface area contributed by atoms with E-state index in [9.17, 15) is 35.2 Å². The molecule has 14 heteroatoms. The Morgan fingerprint density at radius 3 is 2.35 bits per heavy atom. The maximum atomic E-state index is 14.1. The van der Waals surface area contributed by atoms with Crippen molar-refractivity contribution < 1.29 is 39.9 Å². The number of ether oxygens (including phenoxy) is 1. The lowest BCUT2D eigenvalue weighted by atomic mass is 10.1. The van der Waals surface area contributed by atoms with Crippen molar-refractivity contribution in [2.45, 2.75) is 50.4 Å². The van der Waals surface area contributed by atoms with E-state index in [4.69, 9.17) is 4.74 Å². The first-order valence-corrected chi connectivity index (χ1v) is 13.0. The van der Waals surface area contributed by atoms with Gasteiger partial charge in [0, 0.05) is 16.6 Å². The fourth-order valence-electron chi connectivity index (χ4n) is 3.23. The molecule has 1 atom stereocenters. The average Bonchev–Trinajstić information content (AvgIpc) is 3.27. The van der Waals surface area contributed by atoms with Crippen LogP contribution in [-0.2, 0) is 20.9 Å². The standard InChI is InChI=1S/C23H22F5N3O4S2/c1-13(16-9-14(24)5-7-18(16)25)30-19-8-6-15(10-17(19)23(26,27)28)37(33,34)31(20-11-36-12-29-20)21(32)35-22(2,3)4/h5-13,30H,1-4H3/t13-/m0/s1. The Bertz CT molecular complexity index is 1390. The molecule has 1 heterocycles. The molecule has 200 valence electrons. The van der Waals surface area contributed by atoms with E-state index in [0.717, 1.165) is 41.7 Å². The van der Waals surface area contributed by atoms with Crippen LogP contribution in [0, 0.1) is 11.6 Å². The van der Waals surface area contributed by atoms with Gasteiger partial charge >= 0.3 is 12.3 Å². The highest BCUT2D eigenvalue weighted by atomic mass is 32.2. The zero-order valence-corrected chi connectivity index (χ0v) is 21.6. The molecule has 0 aliphatic heterocycles. The molecule has 0 unspecified atom stereocenters. The Morgan fingerprint density at radius 1 is 1.11 bits per heavy atom. The monoisotopic (exact) mass is 563 g/mol. The summed E-state index contributed by atoms with van der Waals surface area (Å²) in [5.74, 6) is -1.98. The van der Waals surface area contributed by atoms with Crippen LogP contribution in [0.1, 0.15) is 44.9 Å². The lowest BCUT2D eigenvalue weighted by Crippen LogP contribution is -2.41. The van der Waals surface area contributed by atoms with E-state index in [1.807, 2.05) is 0 Å². The summed E-state index contributed by atoms with van der Waals surface area (Å²) in [6.07, 6.45) is -6.41. The quantitative estimate of drug-likeness (QED) is 0.334. The number of thiazole rings is 1. The number of sulfonamides is 1. The van der Waals surface area contributed by atoms with E-state index in [0.29, 0.717) is 6.07 Å². The molecule has 0 radical (unpaired) electrons. The van der Waals surface area contributed by atoms with Crippen LogP contribution in [0.2, 0.25) is 0 Å². The second-order valence-corrected chi connectivity index (χ2v) is 11.3. The van der Waals surface area contributed by atoms with Crippen LogP contribution in [0.3, 0.4) is 0 Å². The van der Waals surface area contributed by atoms with Crippen molar-refractivity contribution in [1.29, 1.82) is 0 Å². The zero-order valence-electron chi connectivity index (χ0n) is 19.9. The molecule has 0 aliphatic rings. The van der Waals surface area contributed by atoms with Gasteiger partial charge in [-0.1, -0.05) is 0 Å². The number of aromatic nitrogens is 1. The fourth-order valence-corrected chi connectivity index (χ4v) is 5.11. The fraction of sp³-hybridized carbons (Fsp3) is 0.304. The third-order valence-corrected chi connectivity index (χ3v) is 7.06.